The Bertz CT molecular complexity index is 657. The standard InChI is InChI=1S/C12H14N4O3/c1-6(2)8-5-9(16-15-8)13-12(19)7-3-10(17)14-11(18)4-7/h3-6H,1-2H3,(H2,14,17,18)(H2,13,15,16,19). The second-order valence-corrected chi connectivity index (χ2v) is 4.44. The first kappa shape index (κ1) is 12.9. The lowest BCUT2D eigenvalue weighted by atomic mass is 10.1. The number of hydrogen-bond donors (Lipinski definition) is 4. The molecule has 0 unspecified atom stereocenters. The number of carbonyl (C=O) groups excluding carboxylic acids is 1. The van der Waals surface area contributed by atoms with Crippen LogP contribution in [0.25, 0.3) is 0 Å². The predicted molar refractivity (Wildman–Crippen MR) is 69.4 cm³/mol. The molecule has 7 heteroatoms. The number of aromatic amines is 2. The maximum absolute atomic E-state index is 11.9. The van der Waals surface area contributed by atoms with Crippen molar-refractivity contribution in [2.24, 2.45) is 0 Å². The summed E-state index contributed by atoms with van der Waals surface area (Å²) < 4.78 is 0. The number of pyridine rings is 1. The zero-order valence-corrected chi connectivity index (χ0v) is 10.5. The summed E-state index contributed by atoms with van der Waals surface area (Å²) in [5.41, 5.74) is 0.412. The van der Waals surface area contributed by atoms with Gasteiger partial charge in [0, 0.05) is 23.9 Å². The monoisotopic (exact) mass is 262 g/mol. The molecule has 0 aliphatic carbocycles. The van der Waals surface area contributed by atoms with Crippen LogP contribution in [-0.2, 0) is 0 Å². The lowest BCUT2D eigenvalue weighted by Gasteiger charge is -2.01. The van der Waals surface area contributed by atoms with Crippen molar-refractivity contribution in [1.29, 1.82) is 0 Å². The Morgan fingerprint density at radius 2 is 2.11 bits per heavy atom. The number of hydrogen-bond acceptors (Lipinski definition) is 4. The van der Waals surface area contributed by atoms with E-state index in [2.05, 4.69) is 20.5 Å². The number of nitrogens with zero attached hydrogens (tertiary/aromatic N) is 1. The van der Waals surface area contributed by atoms with Crippen LogP contribution in [-0.4, -0.2) is 26.2 Å². The molecular weight excluding hydrogens is 248 g/mol. The van der Waals surface area contributed by atoms with Crippen molar-refractivity contribution >= 4 is 11.7 Å². The van der Waals surface area contributed by atoms with Gasteiger partial charge >= 0.3 is 0 Å². The fraction of sp³-hybridized carbons (Fsp3) is 0.250. The third-order valence-corrected chi connectivity index (χ3v) is 2.55. The summed E-state index contributed by atoms with van der Waals surface area (Å²) in [6.07, 6.45) is 0. The van der Waals surface area contributed by atoms with Crippen LogP contribution in [0, 0.1) is 0 Å². The molecule has 0 spiro atoms. The van der Waals surface area contributed by atoms with Gasteiger partial charge in [-0.15, -0.1) is 0 Å². The summed E-state index contributed by atoms with van der Waals surface area (Å²) in [7, 11) is 0. The highest BCUT2D eigenvalue weighted by Crippen LogP contribution is 2.15. The summed E-state index contributed by atoms with van der Waals surface area (Å²) in [6.45, 7) is 3.99. The highest BCUT2D eigenvalue weighted by Gasteiger charge is 2.11. The zero-order valence-electron chi connectivity index (χ0n) is 10.5. The van der Waals surface area contributed by atoms with Crippen LogP contribution in [0.2, 0.25) is 0 Å². The molecule has 0 aliphatic heterocycles. The van der Waals surface area contributed by atoms with E-state index in [4.69, 9.17) is 0 Å². The molecule has 2 rings (SSSR count). The molecule has 0 aromatic carbocycles. The maximum atomic E-state index is 11.9. The molecule has 100 valence electrons. The number of nitrogens with one attached hydrogen (secondary N) is 3. The van der Waals surface area contributed by atoms with Gasteiger partial charge in [-0.25, -0.2) is 0 Å². The van der Waals surface area contributed by atoms with Gasteiger partial charge in [0.25, 0.3) is 11.5 Å². The number of H-pyrrole nitrogens is 2. The van der Waals surface area contributed by atoms with E-state index < -0.39 is 11.5 Å². The van der Waals surface area contributed by atoms with Gasteiger partial charge in [0.2, 0.25) is 0 Å². The van der Waals surface area contributed by atoms with Gasteiger partial charge in [-0.1, -0.05) is 13.8 Å². The molecule has 19 heavy (non-hydrogen) atoms. The van der Waals surface area contributed by atoms with E-state index >= 15 is 0 Å². The molecule has 0 aliphatic rings. The van der Waals surface area contributed by atoms with Crippen molar-refractivity contribution in [2.45, 2.75) is 19.8 Å². The Morgan fingerprint density at radius 1 is 1.37 bits per heavy atom. The second kappa shape index (κ2) is 4.97. The van der Waals surface area contributed by atoms with E-state index in [9.17, 15) is 14.7 Å². The molecule has 2 aromatic rings. The summed E-state index contributed by atoms with van der Waals surface area (Å²) in [5.74, 6) is -0.235. The zero-order chi connectivity index (χ0) is 14.0. The van der Waals surface area contributed by atoms with Crippen LogP contribution in [0.15, 0.2) is 23.0 Å². The molecule has 0 atom stereocenters. The average molecular weight is 262 g/mol. The molecule has 0 fully saturated rings. The molecule has 7 nitrogen and oxygen atoms in total. The smallest absolute Gasteiger partial charge is 0.257 e. The van der Waals surface area contributed by atoms with E-state index in [1.165, 1.54) is 6.07 Å². The Morgan fingerprint density at radius 3 is 2.68 bits per heavy atom. The minimum atomic E-state index is -0.546. The van der Waals surface area contributed by atoms with Crippen molar-refractivity contribution < 1.29 is 9.90 Å². The molecule has 1 amide bonds. The average Bonchev–Trinajstić information content (AvgIpc) is 2.76. The fourth-order valence-electron chi connectivity index (χ4n) is 1.54. The molecule has 0 saturated heterocycles. The van der Waals surface area contributed by atoms with Gasteiger partial charge in [0.1, 0.15) is 0 Å². The minimum Gasteiger partial charge on any atom is -0.494 e. The van der Waals surface area contributed by atoms with Crippen LogP contribution in [0.5, 0.6) is 5.88 Å². The Labute approximate surface area is 108 Å². The highest BCUT2D eigenvalue weighted by molar-refractivity contribution is 6.03. The van der Waals surface area contributed by atoms with Gasteiger partial charge in [-0.05, 0) is 5.92 Å². The second-order valence-electron chi connectivity index (χ2n) is 4.44. The van der Waals surface area contributed by atoms with Crippen LogP contribution >= 0.6 is 0 Å². The largest absolute Gasteiger partial charge is 0.494 e. The first-order valence-corrected chi connectivity index (χ1v) is 5.75. The van der Waals surface area contributed by atoms with Gasteiger partial charge in [-0.3, -0.25) is 19.7 Å². The van der Waals surface area contributed by atoms with E-state index in [-0.39, 0.29) is 17.4 Å². The molecule has 2 heterocycles. The van der Waals surface area contributed by atoms with Crippen molar-refractivity contribution in [1.82, 2.24) is 15.2 Å². The molecule has 0 bridgehead atoms. The van der Waals surface area contributed by atoms with Crippen LogP contribution in [0.3, 0.4) is 0 Å². The SMILES string of the molecule is CC(C)c1cc(NC(=O)c2cc(O)[nH]c(=O)c2)n[nH]1. The normalized spacial score (nSPS) is 10.7. The number of aromatic hydroxyl groups is 1. The molecule has 2 aromatic heterocycles. The first-order valence-electron chi connectivity index (χ1n) is 5.75. The topological polar surface area (TPSA) is 111 Å². The molecule has 0 radical (unpaired) electrons. The number of carbonyl (C=O) groups is 1. The Balaban J connectivity index is 2.18. The summed E-state index contributed by atoms with van der Waals surface area (Å²) in [6, 6.07) is 3.99. The summed E-state index contributed by atoms with van der Waals surface area (Å²) >= 11 is 0. The van der Waals surface area contributed by atoms with Crippen molar-refractivity contribution in [3.63, 3.8) is 0 Å². The maximum Gasteiger partial charge on any atom is 0.257 e. The van der Waals surface area contributed by atoms with Gasteiger partial charge in [-0.2, -0.15) is 5.10 Å². The van der Waals surface area contributed by atoms with Crippen LogP contribution < -0.4 is 10.9 Å². The number of anilines is 1. The number of rotatable bonds is 3. The van der Waals surface area contributed by atoms with Crippen molar-refractivity contribution in [3.05, 3.63) is 39.8 Å². The quantitative estimate of drug-likeness (QED) is 0.665. The van der Waals surface area contributed by atoms with Gasteiger partial charge < -0.3 is 10.4 Å². The molecule has 4 N–H and O–H groups in total. The predicted octanol–water partition coefficient (Wildman–Crippen LogP) is 1.18. The minimum absolute atomic E-state index is 0.0651. The van der Waals surface area contributed by atoms with E-state index in [0.717, 1.165) is 11.8 Å². The number of aromatic nitrogens is 3. The van der Waals surface area contributed by atoms with Crippen molar-refractivity contribution in [3.8, 4) is 5.88 Å². The highest BCUT2D eigenvalue weighted by atomic mass is 16.3. The van der Waals surface area contributed by atoms with Crippen LogP contribution in [0.4, 0.5) is 5.82 Å². The summed E-state index contributed by atoms with van der Waals surface area (Å²) in [4.78, 5) is 25.2. The van der Waals surface area contributed by atoms with Crippen molar-refractivity contribution in [2.75, 3.05) is 5.32 Å². The third kappa shape index (κ3) is 3.01. The summed E-state index contributed by atoms with van der Waals surface area (Å²) in [5, 5.41) is 18.5. The lowest BCUT2D eigenvalue weighted by Crippen LogP contribution is -2.16. The van der Waals surface area contributed by atoms with Crippen LogP contribution in [0.1, 0.15) is 35.8 Å². The van der Waals surface area contributed by atoms with E-state index in [1.54, 1.807) is 6.07 Å². The van der Waals surface area contributed by atoms with Gasteiger partial charge in [0.15, 0.2) is 11.7 Å². The number of amides is 1. The fourth-order valence-corrected chi connectivity index (χ4v) is 1.54. The molecule has 0 saturated carbocycles. The molecular formula is C12H14N4O3. The lowest BCUT2D eigenvalue weighted by molar-refractivity contribution is 0.102. The van der Waals surface area contributed by atoms with E-state index in [1.807, 2.05) is 13.8 Å². The Hall–Kier alpha value is -2.57. The first-order chi connectivity index (χ1) is 8.95. The Kier molecular flexibility index (Phi) is 3.37. The van der Waals surface area contributed by atoms with E-state index in [0.29, 0.717) is 5.82 Å². The van der Waals surface area contributed by atoms with Gasteiger partial charge in [0.05, 0.1) is 5.56 Å². The third-order valence-electron chi connectivity index (χ3n) is 2.55.